The number of rotatable bonds is 10. The van der Waals surface area contributed by atoms with Crippen molar-refractivity contribution < 1.29 is 9.53 Å². The number of benzene rings is 4. The van der Waals surface area contributed by atoms with Crippen LogP contribution in [0.25, 0.3) is 34.3 Å². The van der Waals surface area contributed by atoms with E-state index in [2.05, 4.69) is 20.5 Å². The molecule has 0 aliphatic carbocycles. The number of allylic oxidation sites excluding steroid dienone is 1. The Balaban J connectivity index is 1.12. The van der Waals surface area contributed by atoms with Crippen molar-refractivity contribution in [3.63, 3.8) is 0 Å². The highest BCUT2D eigenvalue weighted by atomic mass is 32.2. The molecule has 43 heavy (non-hydrogen) atoms. The first-order chi connectivity index (χ1) is 21.2. The van der Waals surface area contributed by atoms with Crippen LogP contribution in [0.1, 0.15) is 21.6 Å². The fourth-order valence-corrected chi connectivity index (χ4v) is 5.01. The predicted octanol–water partition coefficient (Wildman–Crippen LogP) is 6.98. The maximum absolute atomic E-state index is 12.5. The SMILES string of the molecule is COc1ccc(C(=O)/C=C/c2ccc(-n3cc(CSc4nnc(-c5ccccc5)c(-c5ccccc5)n4)nn3)cc2)cc1. The summed E-state index contributed by atoms with van der Waals surface area (Å²) in [5.74, 6) is 1.18. The zero-order valence-corrected chi connectivity index (χ0v) is 24.1. The summed E-state index contributed by atoms with van der Waals surface area (Å²) in [5.41, 5.74) is 6.62. The molecular weight excluding hydrogens is 556 g/mol. The van der Waals surface area contributed by atoms with Crippen molar-refractivity contribution in [1.82, 2.24) is 30.2 Å². The van der Waals surface area contributed by atoms with Gasteiger partial charge in [0.2, 0.25) is 5.16 Å². The van der Waals surface area contributed by atoms with Crippen LogP contribution in [-0.2, 0) is 5.75 Å². The van der Waals surface area contributed by atoms with E-state index in [1.807, 2.05) is 91.1 Å². The second-order valence-corrected chi connectivity index (χ2v) is 10.4. The number of hydrogen-bond donors (Lipinski definition) is 0. The van der Waals surface area contributed by atoms with E-state index in [-0.39, 0.29) is 5.78 Å². The first kappa shape index (κ1) is 27.7. The molecule has 2 heterocycles. The van der Waals surface area contributed by atoms with Crippen LogP contribution in [0.5, 0.6) is 5.75 Å². The fourth-order valence-electron chi connectivity index (χ4n) is 4.35. The lowest BCUT2D eigenvalue weighted by Crippen LogP contribution is -1.99. The van der Waals surface area contributed by atoms with E-state index in [1.165, 1.54) is 11.8 Å². The standard InChI is InChI=1S/C34H26N6O2S/c1-42-30-19-15-25(16-20-30)31(41)21-14-24-12-17-29(18-13-24)40-22-28(36-39-40)23-43-34-35-32(26-8-4-2-5-9-26)33(37-38-34)27-10-6-3-7-11-27/h2-22H,23H2,1H3/b21-14+. The Morgan fingerprint density at radius 1 is 0.791 bits per heavy atom. The molecule has 0 aliphatic rings. The van der Waals surface area contributed by atoms with Crippen molar-refractivity contribution in [3.05, 3.63) is 138 Å². The van der Waals surface area contributed by atoms with E-state index in [9.17, 15) is 4.79 Å². The van der Waals surface area contributed by atoms with Crippen LogP contribution >= 0.6 is 11.8 Å². The zero-order chi connectivity index (χ0) is 29.4. The van der Waals surface area contributed by atoms with Crippen LogP contribution in [-0.4, -0.2) is 43.1 Å². The maximum Gasteiger partial charge on any atom is 0.210 e. The molecular formula is C34H26N6O2S. The summed E-state index contributed by atoms with van der Waals surface area (Å²) >= 11 is 1.46. The molecule has 0 atom stereocenters. The van der Waals surface area contributed by atoms with E-state index >= 15 is 0 Å². The molecule has 0 saturated carbocycles. The number of carbonyl (C=O) groups excluding carboxylic acids is 1. The lowest BCUT2D eigenvalue weighted by Gasteiger charge is -2.09. The van der Waals surface area contributed by atoms with Gasteiger partial charge in [-0.05, 0) is 48.0 Å². The molecule has 210 valence electrons. The van der Waals surface area contributed by atoms with Gasteiger partial charge in [-0.3, -0.25) is 4.79 Å². The summed E-state index contributed by atoms with van der Waals surface area (Å²) in [7, 11) is 1.60. The van der Waals surface area contributed by atoms with Crippen molar-refractivity contribution in [3.8, 4) is 34.0 Å². The molecule has 0 saturated heterocycles. The minimum atomic E-state index is -0.0741. The molecule has 0 unspecified atom stereocenters. The van der Waals surface area contributed by atoms with Crippen molar-refractivity contribution in [1.29, 1.82) is 0 Å². The van der Waals surface area contributed by atoms with Gasteiger partial charge in [0.05, 0.1) is 24.7 Å². The average molecular weight is 583 g/mol. The first-order valence-corrected chi connectivity index (χ1v) is 14.5. The molecule has 0 spiro atoms. The predicted molar refractivity (Wildman–Crippen MR) is 168 cm³/mol. The monoisotopic (exact) mass is 582 g/mol. The van der Waals surface area contributed by atoms with E-state index in [1.54, 1.807) is 48.2 Å². The van der Waals surface area contributed by atoms with Gasteiger partial charge in [0.25, 0.3) is 0 Å². The third kappa shape index (κ3) is 6.74. The van der Waals surface area contributed by atoms with Gasteiger partial charge in [-0.2, -0.15) is 0 Å². The summed E-state index contributed by atoms with van der Waals surface area (Å²) in [5, 5.41) is 18.1. The van der Waals surface area contributed by atoms with Crippen molar-refractivity contribution in [2.45, 2.75) is 10.9 Å². The van der Waals surface area contributed by atoms with E-state index < -0.39 is 0 Å². The Kier molecular flexibility index (Phi) is 8.42. The van der Waals surface area contributed by atoms with Gasteiger partial charge in [-0.15, -0.1) is 15.3 Å². The third-order valence-electron chi connectivity index (χ3n) is 6.61. The lowest BCUT2D eigenvalue weighted by molar-refractivity contribution is 0.104. The number of carbonyl (C=O) groups is 1. The Labute approximate surface area is 253 Å². The van der Waals surface area contributed by atoms with Crippen LogP contribution in [0.15, 0.2) is 127 Å². The molecule has 0 aliphatic heterocycles. The van der Waals surface area contributed by atoms with Gasteiger partial charge in [0, 0.05) is 22.4 Å². The summed E-state index contributed by atoms with van der Waals surface area (Å²) in [6, 6.07) is 34.7. The van der Waals surface area contributed by atoms with Gasteiger partial charge in [0.15, 0.2) is 5.78 Å². The van der Waals surface area contributed by atoms with Gasteiger partial charge in [-0.1, -0.05) is 95.8 Å². The molecule has 4 aromatic carbocycles. The molecule has 9 heteroatoms. The molecule has 0 N–H and O–H groups in total. The normalized spacial score (nSPS) is 11.1. The largest absolute Gasteiger partial charge is 0.497 e. The van der Waals surface area contributed by atoms with Gasteiger partial charge < -0.3 is 4.74 Å². The molecule has 0 bridgehead atoms. The Hall–Kier alpha value is -5.41. The number of aromatic nitrogens is 6. The summed E-state index contributed by atoms with van der Waals surface area (Å²) in [6.45, 7) is 0. The van der Waals surface area contributed by atoms with E-state index in [0.717, 1.165) is 39.5 Å². The number of ketones is 1. The summed E-state index contributed by atoms with van der Waals surface area (Å²) < 4.78 is 6.87. The highest BCUT2D eigenvalue weighted by Gasteiger charge is 2.14. The molecule has 0 radical (unpaired) electrons. The summed E-state index contributed by atoms with van der Waals surface area (Å²) in [4.78, 5) is 17.3. The molecule has 8 nitrogen and oxygen atoms in total. The number of thioether (sulfide) groups is 1. The smallest absolute Gasteiger partial charge is 0.210 e. The second kappa shape index (κ2) is 13.1. The highest BCUT2D eigenvalue weighted by molar-refractivity contribution is 7.98. The Morgan fingerprint density at radius 3 is 2.14 bits per heavy atom. The molecule has 2 aromatic heterocycles. The average Bonchev–Trinajstić information content (AvgIpc) is 3.56. The van der Waals surface area contributed by atoms with E-state index in [4.69, 9.17) is 9.72 Å². The Bertz CT molecular complexity index is 1860. The number of nitrogens with zero attached hydrogens (tertiary/aromatic N) is 6. The lowest BCUT2D eigenvalue weighted by atomic mass is 10.0. The topological polar surface area (TPSA) is 95.7 Å². The van der Waals surface area contributed by atoms with Gasteiger partial charge >= 0.3 is 0 Å². The number of ether oxygens (including phenoxy) is 1. The minimum absolute atomic E-state index is 0.0741. The zero-order valence-electron chi connectivity index (χ0n) is 23.2. The quantitative estimate of drug-likeness (QED) is 0.0970. The van der Waals surface area contributed by atoms with Crippen LogP contribution in [0.4, 0.5) is 0 Å². The molecule has 6 aromatic rings. The third-order valence-corrected chi connectivity index (χ3v) is 7.48. The first-order valence-electron chi connectivity index (χ1n) is 13.5. The molecule has 0 amide bonds. The number of hydrogen-bond acceptors (Lipinski definition) is 8. The summed E-state index contributed by atoms with van der Waals surface area (Å²) in [6.07, 6.45) is 5.24. The van der Waals surface area contributed by atoms with E-state index in [0.29, 0.717) is 22.2 Å². The Morgan fingerprint density at radius 2 is 1.47 bits per heavy atom. The van der Waals surface area contributed by atoms with Crippen molar-refractivity contribution >= 4 is 23.6 Å². The minimum Gasteiger partial charge on any atom is -0.497 e. The van der Waals surface area contributed by atoms with Gasteiger partial charge in [0.1, 0.15) is 17.1 Å². The fraction of sp³-hybridized carbons (Fsp3) is 0.0588. The van der Waals surface area contributed by atoms with Crippen LogP contribution in [0, 0.1) is 0 Å². The number of methoxy groups -OCH3 is 1. The van der Waals surface area contributed by atoms with Crippen LogP contribution in [0.2, 0.25) is 0 Å². The van der Waals surface area contributed by atoms with Crippen LogP contribution in [0.3, 0.4) is 0 Å². The maximum atomic E-state index is 12.5. The van der Waals surface area contributed by atoms with Crippen molar-refractivity contribution in [2.24, 2.45) is 0 Å². The van der Waals surface area contributed by atoms with Gasteiger partial charge in [-0.25, -0.2) is 9.67 Å². The second-order valence-electron chi connectivity index (χ2n) is 9.48. The molecule has 6 rings (SSSR count). The molecule has 0 fully saturated rings. The van der Waals surface area contributed by atoms with Crippen LogP contribution < -0.4 is 4.74 Å². The highest BCUT2D eigenvalue weighted by Crippen LogP contribution is 2.30. The van der Waals surface area contributed by atoms with Crippen molar-refractivity contribution in [2.75, 3.05) is 7.11 Å².